The van der Waals surface area contributed by atoms with Gasteiger partial charge in [0.05, 0.1) is 4.92 Å². The molecule has 7 nitrogen and oxygen atoms in total. The highest BCUT2D eigenvalue weighted by Crippen LogP contribution is 2.17. The minimum Gasteiger partial charge on any atom is -0.454 e. The van der Waals surface area contributed by atoms with Crippen LogP contribution in [-0.2, 0) is 16.1 Å². The molecule has 0 spiro atoms. The van der Waals surface area contributed by atoms with Crippen LogP contribution in [0.4, 0.5) is 5.69 Å². The number of rotatable bonds is 8. The van der Waals surface area contributed by atoms with Gasteiger partial charge in [-0.2, -0.15) is 0 Å². The van der Waals surface area contributed by atoms with Crippen molar-refractivity contribution in [3.05, 3.63) is 69.0 Å². The Bertz CT molecular complexity index is 879. The second-order valence-corrected chi connectivity index (χ2v) is 6.15. The number of carbonyl (C=O) groups excluding carboxylic acids is 2. The van der Waals surface area contributed by atoms with Gasteiger partial charge in [0, 0.05) is 41.7 Å². The number of benzene rings is 1. The highest BCUT2D eigenvalue weighted by atomic mass is 16.6. The number of hydrogen-bond donors (Lipinski definition) is 0. The molecule has 1 aromatic heterocycles. The summed E-state index contributed by atoms with van der Waals surface area (Å²) in [6.07, 6.45) is 3.63. The summed E-state index contributed by atoms with van der Waals surface area (Å²) in [5.41, 5.74) is 3.03. The number of nitrogens with zero attached hydrogens (tertiary/aromatic N) is 2. The second-order valence-electron chi connectivity index (χ2n) is 6.15. The minimum atomic E-state index is -0.649. The summed E-state index contributed by atoms with van der Waals surface area (Å²) in [5.74, 6) is -0.897. The molecule has 0 saturated heterocycles. The van der Waals surface area contributed by atoms with Gasteiger partial charge in [-0.25, -0.2) is 4.79 Å². The topological polar surface area (TPSA) is 91.4 Å². The Labute approximate surface area is 157 Å². The number of nitro benzene ring substituents is 1. The monoisotopic (exact) mass is 370 g/mol. The van der Waals surface area contributed by atoms with Crippen LogP contribution in [0.5, 0.6) is 0 Å². The molecule has 0 atom stereocenters. The van der Waals surface area contributed by atoms with Gasteiger partial charge in [-0.05, 0) is 50.1 Å². The lowest BCUT2D eigenvalue weighted by molar-refractivity contribution is -0.384. The Morgan fingerprint density at radius 3 is 2.48 bits per heavy atom. The molecule has 27 heavy (non-hydrogen) atoms. The maximum atomic E-state index is 12.3. The van der Waals surface area contributed by atoms with E-state index in [1.54, 1.807) is 0 Å². The lowest BCUT2D eigenvalue weighted by Gasteiger charge is -2.07. The average Bonchev–Trinajstić information content (AvgIpc) is 2.93. The molecule has 1 aromatic carbocycles. The molecule has 0 bridgehead atoms. The van der Waals surface area contributed by atoms with Crippen molar-refractivity contribution in [1.82, 2.24) is 4.57 Å². The third-order valence-corrected chi connectivity index (χ3v) is 4.18. The molecule has 0 radical (unpaired) electrons. The number of carbonyl (C=O) groups is 2. The number of aromatic nitrogens is 1. The third-order valence-electron chi connectivity index (χ3n) is 4.18. The van der Waals surface area contributed by atoms with E-state index in [0.29, 0.717) is 11.1 Å². The zero-order chi connectivity index (χ0) is 20.0. The Morgan fingerprint density at radius 2 is 1.89 bits per heavy atom. The molecule has 2 aromatic rings. The van der Waals surface area contributed by atoms with Gasteiger partial charge in [0.25, 0.3) is 5.69 Å². The first-order valence-corrected chi connectivity index (χ1v) is 8.62. The van der Waals surface area contributed by atoms with E-state index in [1.807, 2.05) is 19.9 Å². The normalized spacial score (nSPS) is 10.9. The number of ketones is 1. The molecule has 2 rings (SSSR count). The highest BCUT2D eigenvalue weighted by Gasteiger charge is 2.16. The van der Waals surface area contributed by atoms with Gasteiger partial charge in [0.2, 0.25) is 5.78 Å². The van der Waals surface area contributed by atoms with Gasteiger partial charge >= 0.3 is 5.97 Å². The van der Waals surface area contributed by atoms with E-state index in [-0.39, 0.29) is 18.1 Å². The summed E-state index contributed by atoms with van der Waals surface area (Å²) in [4.78, 5) is 34.3. The molecule has 0 saturated carbocycles. The molecule has 7 heteroatoms. The van der Waals surface area contributed by atoms with E-state index in [2.05, 4.69) is 11.5 Å². The number of non-ortho nitro benzene ring substituents is 1. The standard InChI is InChI=1S/C20H22N2O5/c1-4-11-21-14(2)12-18(15(21)3)19(23)13-27-20(24)10-7-16-5-8-17(9-6-16)22(25)26/h5-10,12H,4,11,13H2,1-3H3/b10-7+. The molecule has 0 amide bonds. The van der Waals surface area contributed by atoms with Gasteiger partial charge < -0.3 is 9.30 Å². The first kappa shape index (κ1) is 20.1. The molecule has 0 unspecified atom stereocenters. The van der Waals surface area contributed by atoms with Crippen LogP contribution in [0.1, 0.15) is 40.7 Å². The summed E-state index contributed by atoms with van der Waals surface area (Å²) in [6, 6.07) is 7.56. The van der Waals surface area contributed by atoms with Crippen LogP contribution in [0.2, 0.25) is 0 Å². The van der Waals surface area contributed by atoms with Crippen molar-refractivity contribution in [2.45, 2.75) is 33.7 Å². The van der Waals surface area contributed by atoms with Crippen molar-refractivity contribution in [2.75, 3.05) is 6.61 Å². The van der Waals surface area contributed by atoms with Crippen LogP contribution in [0.3, 0.4) is 0 Å². The molecule has 0 fully saturated rings. The maximum Gasteiger partial charge on any atom is 0.331 e. The van der Waals surface area contributed by atoms with Gasteiger partial charge in [-0.1, -0.05) is 6.92 Å². The molecule has 0 aliphatic heterocycles. The quantitative estimate of drug-likeness (QED) is 0.231. The average molecular weight is 370 g/mol. The number of aryl methyl sites for hydroxylation is 1. The second kappa shape index (κ2) is 8.93. The SMILES string of the molecule is CCCn1c(C)cc(C(=O)COC(=O)/C=C/c2ccc([N+](=O)[O-])cc2)c1C. The summed E-state index contributed by atoms with van der Waals surface area (Å²) < 4.78 is 7.09. The molecule has 0 aliphatic rings. The van der Waals surface area contributed by atoms with Crippen LogP contribution in [0.15, 0.2) is 36.4 Å². The molecule has 142 valence electrons. The zero-order valence-corrected chi connectivity index (χ0v) is 15.6. The summed E-state index contributed by atoms with van der Waals surface area (Å²) in [7, 11) is 0. The van der Waals surface area contributed by atoms with Gasteiger partial charge in [0.15, 0.2) is 6.61 Å². The van der Waals surface area contributed by atoms with Crippen LogP contribution >= 0.6 is 0 Å². The van der Waals surface area contributed by atoms with Crippen molar-refractivity contribution >= 4 is 23.5 Å². The first-order valence-electron chi connectivity index (χ1n) is 8.62. The lowest BCUT2D eigenvalue weighted by atomic mass is 10.1. The highest BCUT2D eigenvalue weighted by molar-refractivity contribution is 6.00. The Balaban J connectivity index is 1.94. The van der Waals surface area contributed by atoms with Crippen molar-refractivity contribution in [3.8, 4) is 0 Å². The largest absolute Gasteiger partial charge is 0.454 e. The summed E-state index contributed by atoms with van der Waals surface area (Å²) in [6.45, 7) is 6.40. The Kier molecular flexibility index (Phi) is 6.65. The van der Waals surface area contributed by atoms with E-state index in [9.17, 15) is 19.7 Å². The molecular weight excluding hydrogens is 348 g/mol. The van der Waals surface area contributed by atoms with Crippen molar-refractivity contribution in [3.63, 3.8) is 0 Å². The maximum absolute atomic E-state index is 12.3. The van der Waals surface area contributed by atoms with Crippen molar-refractivity contribution in [2.24, 2.45) is 0 Å². The molecule has 0 aliphatic carbocycles. The smallest absolute Gasteiger partial charge is 0.331 e. The fraction of sp³-hybridized carbons (Fsp3) is 0.300. The Morgan fingerprint density at radius 1 is 1.22 bits per heavy atom. The predicted molar refractivity (Wildman–Crippen MR) is 102 cm³/mol. The summed E-state index contributed by atoms with van der Waals surface area (Å²) in [5, 5.41) is 10.6. The third kappa shape index (κ3) is 5.13. The number of nitro groups is 1. The Hall–Kier alpha value is -3.22. The van der Waals surface area contributed by atoms with E-state index in [1.165, 1.54) is 36.4 Å². The van der Waals surface area contributed by atoms with E-state index in [0.717, 1.165) is 24.4 Å². The number of ether oxygens (including phenoxy) is 1. The van der Waals surface area contributed by atoms with Crippen LogP contribution < -0.4 is 0 Å². The fourth-order valence-corrected chi connectivity index (χ4v) is 2.79. The van der Waals surface area contributed by atoms with Crippen LogP contribution in [0, 0.1) is 24.0 Å². The number of esters is 1. The fourth-order valence-electron chi connectivity index (χ4n) is 2.79. The molecule has 1 heterocycles. The molecule has 0 N–H and O–H groups in total. The molecular formula is C20H22N2O5. The number of hydrogen-bond acceptors (Lipinski definition) is 5. The van der Waals surface area contributed by atoms with E-state index in [4.69, 9.17) is 4.74 Å². The predicted octanol–water partition coefficient (Wildman–Crippen LogP) is 3.86. The van der Waals surface area contributed by atoms with Crippen LogP contribution in [-0.4, -0.2) is 27.8 Å². The first-order chi connectivity index (χ1) is 12.8. The zero-order valence-electron chi connectivity index (χ0n) is 15.6. The minimum absolute atomic E-state index is 0.0269. The lowest BCUT2D eigenvalue weighted by Crippen LogP contribution is -2.13. The van der Waals surface area contributed by atoms with Crippen molar-refractivity contribution in [1.29, 1.82) is 0 Å². The van der Waals surface area contributed by atoms with Gasteiger partial charge in [0.1, 0.15) is 0 Å². The van der Waals surface area contributed by atoms with E-state index >= 15 is 0 Å². The summed E-state index contributed by atoms with van der Waals surface area (Å²) >= 11 is 0. The van der Waals surface area contributed by atoms with Crippen LogP contribution in [0.25, 0.3) is 6.08 Å². The van der Waals surface area contributed by atoms with Gasteiger partial charge in [-0.3, -0.25) is 14.9 Å². The van der Waals surface area contributed by atoms with Gasteiger partial charge in [-0.15, -0.1) is 0 Å². The number of Topliss-reactive ketones (excluding diaryl/α,β-unsaturated/α-hetero) is 1. The van der Waals surface area contributed by atoms with Crippen molar-refractivity contribution < 1.29 is 19.2 Å². The van der Waals surface area contributed by atoms with E-state index < -0.39 is 10.9 Å².